The van der Waals surface area contributed by atoms with Crippen molar-refractivity contribution in [1.29, 1.82) is 0 Å². The van der Waals surface area contributed by atoms with Crippen LogP contribution in [-0.2, 0) is 9.68 Å². The van der Waals surface area contributed by atoms with Gasteiger partial charge in [-0.2, -0.15) is 20.4 Å². The van der Waals surface area contributed by atoms with Gasteiger partial charge in [0.15, 0.2) is 0 Å². The fourth-order valence-corrected chi connectivity index (χ4v) is 6.07. The van der Waals surface area contributed by atoms with E-state index >= 15 is 0 Å². The standard InChI is InChI=1S/C26H52N4O2/c1-11-13-15-31-29-23(3,4)17-21(18-24(29,5)6)27-28-22-19-25(7,8)30(26(9,10)20-22)32-16-14-12-2/h21-22H,11-20H2,1-10H3. The van der Waals surface area contributed by atoms with Crippen molar-refractivity contribution in [1.82, 2.24) is 10.1 Å². The number of piperidine rings is 2. The summed E-state index contributed by atoms with van der Waals surface area (Å²) in [6, 6.07) is 0.465. The molecule has 188 valence electrons. The fraction of sp³-hybridized carbons (Fsp3) is 1.00. The molecular formula is C26H52N4O2. The van der Waals surface area contributed by atoms with Gasteiger partial charge in [-0.1, -0.05) is 26.7 Å². The number of unbranched alkanes of at least 4 members (excludes halogenated alkanes) is 2. The van der Waals surface area contributed by atoms with Crippen LogP contribution in [0.4, 0.5) is 0 Å². The van der Waals surface area contributed by atoms with E-state index in [2.05, 4.69) is 79.4 Å². The van der Waals surface area contributed by atoms with Crippen molar-refractivity contribution in [3.05, 3.63) is 0 Å². The second kappa shape index (κ2) is 10.8. The molecule has 0 aliphatic carbocycles. The molecule has 0 saturated carbocycles. The average Bonchev–Trinajstić information content (AvgIpc) is 2.63. The molecule has 0 aromatic rings. The number of nitrogens with zero attached hydrogens (tertiary/aromatic N) is 4. The molecule has 2 fully saturated rings. The molecule has 6 nitrogen and oxygen atoms in total. The fourth-order valence-electron chi connectivity index (χ4n) is 6.07. The molecule has 0 unspecified atom stereocenters. The number of hydrogen-bond acceptors (Lipinski definition) is 6. The minimum absolute atomic E-state index is 0.0613. The van der Waals surface area contributed by atoms with Gasteiger partial charge in [0, 0.05) is 22.2 Å². The Morgan fingerprint density at radius 2 is 0.875 bits per heavy atom. The smallest absolute Gasteiger partial charge is 0.0745 e. The van der Waals surface area contributed by atoms with Crippen LogP contribution >= 0.6 is 0 Å². The zero-order valence-electron chi connectivity index (χ0n) is 22.8. The zero-order valence-corrected chi connectivity index (χ0v) is 22.8. The first-order valence-electron chi connectivity index (χ1n) is 13.0. The van der Waals surface area contributed by atoms with E-state index < -0.39 is 0 Å². The van der Waals surface area contributed by atoms with Crippen molar-refractivity contribution in [3.8, 4) is 0 Å². The molecule has 0 radical (unpaired) electrons. The molecular weight excluding hydrogens is 400 g/mol. The lowest BCUT2D eigenvalue weighted by molar-refractivity contribution is -0.284. The third-order valence-electron chi connectivity index (χ3n) is 6.97. The molecule has 0 N–H and O–H groups in total. The molecule has 2 heterocycles. The van der Waals surface area contributed by atoms with Gasteiger partial charge < -0.3 is 0 Å². The molecule has 0 spiro atoms. The van der Waals surface area contributed by atoms with Gasteiger partial charge in [0.1, 0.15) is 0 Å². The largest absolute Gasteiger partial charge is 0.298 e. The minimum atomic E-state index is -0.0613. The predicted octanol–water partition coefficient (Wildman–Crippen LogP) is 6.95. The number of hydrogen-bond donors (Lipinski definition) is 0. The van der Waals surface area contributed by atoms with Crippen LogP contribution in [0.3, 0.4) is 0 Å². The highest BCUT2D eigenvalue weighted by molar-refractivity contribution is 5.01. The number of hydroxylamine groups is 4. The van der Waals surface area contributed by atoms with E-state index in [1.165, 1.54) is 0 Å². The van der Waals surface area contributed by atoms with Crippen LogP contribution in [0.2, 0.25) is 0 Å². The third kappa shape index (κ3) is 6.97. The lowest BCUT2D eigenvalue weighted by Gasteiger charge is -2.53. The molecule has 0 aromatic carbocycles. The van der Waals surface area contributed by atoms with Crippen LogP contribution in [0.5, 0.6) is 0 Å². The van der Waals surface area contributed by atoms with Crippen LogP contribution in [-0.4, -0.2) is 57.6 Å². The Bertz CT molecular complexity index is 527. The van der Waals surface area contributed by atoms with Gasteiger partial charge in [-0.05, 0) is 93.9 Å². The molecule has 0 atom stereocenters. The molecule has 2 saturated heterocycles. The second-order valence-electron chi connectivity index (χ2n) is 12.6. The topological polar surface area (TPSA) is 49.7 Å². The second-order valence-corrected chi connectivity index (χ2v) is 12.6. The summed E-state index contributed by atoms with van der Waals surface area (Å²) in [4.78, 5) is 12.5. The number of rotatable bonds is 10. The van der Waals surface area contributed by atoms with Crippen molar-refractivity contribution in [2.24, 2.45) is 10.2 Å². The van der Waals surface area contributed by atoms with E-state index in [4.69, 9.17) is 19.9 Å². The van der Waals surface area contributed by atoms with Crippen molar-refractivity contribution in [2.75, 3.05) is 13.2 Å². The molecule has 6 heteroatoms. The van der Waals surface area contributed by atoms with Crippen LogP contribution in [0.15, 0.2) is 10.2 Å². The van der Waals surface area contributed by atoms with E-state index in [9.17, 15) is 0 Å². The highest BCUT2D eigenvalue weighted by Crippen LogP contribution is 2.42. The third-order valence-corrected chi connectivity index (χ3v) is 6.97. The van der Waals surface area contributed by atoms with Crippen molar-refractivity contribution in [3.63, 3.8) is 0 Å². The van der Waals surface area contributed by atoms with Gasteiger partial charge in [-0.25, -0.2) is 0 Å². The van der Waals surface area contributed by atoms with Crippen molar-refractivity contribution < 1.29 is 9.68 Å². The Hall–Kier alpha value is -0.560. The van der Waals surface area contributed by atoms with Gasteiger partial charge in [-0.15, -0.1) is 0 Å². The normalized spacial score (nSPS) is 26.7. The summed E-state index contributed by atoms with van der Waals surface area (Å²) in [5, 5.41) is 14.4. The zero-order chi connectivity index (χ0) is 24.2. The Balaban J connectivity index is 2.05. The minimum Gasteiger partial charge on any atom is -0.298 e. The number of azo groups is 1. The summed E-state index contributed by atoms with van der Waals surface area (Å²) in [7, 11) is 0. The van der Waals surface area contributed by atoms with Gasteiger partial charge in [0.25, 0.3) is 0 Å². The summed E-state index contributed by atoms with van der Waals surface area (Å²) < 4.78 is 0. The monoisotopic (exact) mass is 452 g/mol. The Kier molecular flexibility index (Phi) is 9.34. The summed E-state index contributed by atoms with van der Waals surface area (Å²) >= 11 is 0. The Morgan fingerprint density at radius 3 is 1.12 bits per heavy atom. The predicted molar refractivity (Wildman–Crippen MR) is 133 cm³/mol. The van der Waals surface area contributed by atoms with Crippen molar-refractivity contribution in [2.45, 2.75) is 155 Å². The van der Waals surface area contributed by atoms with Crippen LogP contribution < -0.4 is 0 Å². The van der Waals surface area contributed by atoms with Gasteiger partial charge in [-0.3, -0.25) is 9.68 Å². The molecule has 32 heavy (non-hydrogen) atoms. The summed E-state index contributed by atoms with van der Waals surface area (Å²) in [5.74, 6) is 0. The van der Waals surface area contributed by atoms with E-state index in [0.29, 0.717) is 0 Å². The first-order valence-corrected chi connectivity index (χ1v) is 13.0. The van der Waals surface area contributed by atoms with Crippen LogP contribution in [0, 0.1) is 0 Å². The first-order chi connectivity index (χ1) is 14.7. The molecule has 0 bridgehead atoms. The quantitative estimate of drug-likeness (QED) is 0.266. The van der Waals surface area contributed by atoms with Gasteiger partial charge in [0.05, 0.1) is 25.3 Å². The maximum atomic E-state index is 6.24. The lowest BCUT2D eigenvalue weighted by atomic mass is 9.79. The van der Waals surface area contributed by atoms with Gasteiger partial charge in [0.2, 0.25) is 0 Å². The molecule has 2 aliphatic rings. The van der Waals surface area contributed by atoms with E-state index in [0.717, 1.165) is 64.6 Å². The Labute approximate surface area is 198 Å². The Morgan fingerprint density at radius 1 is 0.594 bits per heavy atom. The average molecular weight is 453 g/mol. The SMILES string of the molecule is CCCCON1C(C)(C)CC(N=NC2CC(C)(C)N(OCCCC)C(C)(C)C2)CC1(C)C. The highest BCUT2D eigenvalue weighted by Gasteiger charge is 2.48. The van der Waals surface area contributed by atoms with E-state index in [1.807, 2.05) is 0 Å². The highest BCUT2D eigenvalue weighted by atomic mass is 16.7. The van der Waals surface area contributed by atoms with E-state index in [1.54, 1.807) is 0 Å². The maximum absolute atomic E-state index is 6.24. The van der Waals surface area contributed by atoms with Gasteiger partial charge >= 0.3 is 0 Å². The van der Waals surface area contributed by atoms with Crippen molar-refractivity contribution >= 4 is 0 Å². The first kappa shape index (κ1) is 27.7. The summed E-state index contributed by atoms with van der Waals surface area (Å²) in [6.45, 7) is 24.2. The summed E-state index contributed by atoms with van der Waals surface area (Å²) in [6.07, 6.45) is 8.38. The van der Waals surface area contributed by atoms with Crippen LogP contribution in [0.25, 0.3) is 0 Å². The lowest BCUT2D eigenvalue weighted by Crippen LogP contribution is -2.61. The molecule has 2 rings (SSSR count). The molecule has 0 aromatic heterocycles. The maximum Gasteiger partial charge on any atom is 0.0745 e. The van der Waals surface area contributed by atoms with Crippen LogP contribution in [0.1, 0.15) is 121 Å². The summed E-state index contributed by atoms with van der Waals surface area (Å²) in [5.41, 5.74) is -0.245. The van der Waals surface area contributed by atoms with E-state index in [-0.39, 0.29) is 34.2 Å². The molecule has 0 amide bonds. The molecule has 2 aliphatic heterocycles.